The molecule has 0 amide bonds. The fourth-order valence-corrected chi connectivity index (χ4v) is 2.09. The Hall–Kier alpha value is -2.60. The number of carboxylic acids is 1. The van der Waals surface area contributed by atoms with Crippen molar-refractivity contribution in [1.29, 1.82) is 0 Å². The minimum absolute atomic E-state index is 0.833. The van der Waals surface area contributed by atoms with Crippen molar-refractivity contribution < 1.29 is 14.6 Å². The van der Waals surface area contributed by atoms with E-state index in [1.165, 1.54) is 5.56 Å². The normalized spacial score (nSPS) is 9.96. The fourth-order valence-electron chi connectivity index (χ4n) is 2.09. The summed E-state index contributed by atoms with van der Waals surface area (Å²) in [5, 5.41) is 7.42. The summed E-state index contributed by atoms with van der Waals surface area (Å²) >= 11 is 0. The summed E-state index contributed by atoms with van der Waals surface area (Å²) in [5.74, 6) is 1.06. The summed E-state index contributed by atoms with van der Waals surface area (Å²) in [7, 11) is 5.86. The molecule has 0 radical (unpaired) electrons. The van der Waals surface area contributed by atoms with E-state index in [9.17, 15) is 0 Å². The van der Waals surface area contributed by atoms with Crippen LogP contribution in [0.4, 0.5) is 5.82 Å². The molecular weight excluding hydrogens is 318 g/mol. The maximum absolute atomic E-state index is 9.00. The number of carboxylic acid groups (broad SMARTS) is 1. The summed E-state index contributed by atoms with van der Waals surface area (Å²) in [5.41, 5.74) is 1.25. The number of pyridine rings is 1. The summed E-state index contributed by atoms with van der Waals surface area (Å²) in [6.07, 6.45) is 1.84. The van der Waals surface area contributed by atoms with Gasteiger partial charge in [-0.1, -0.05) is 18.2 Å². The summed E-state index contributed by atoms with van der Waals surface area (Å²) in [4.78, 5) is 17.9. The van der Waals surface area contributed by atoms with Crippen LogP contribution < -0.4 is 9.64 Å². The van der Waals surface area contributed by atoms with Crippen molar-refractivity contribution in [2.24, 2.45) is 0 Å². The number of hydrogen-bond donors (Lipinski definition) is 1. The molecular formula is C19H27N3O3. The standard InChI is InChI=1S/C17H23N3O.C2H4O2/c1-19(2)12-13-20(17-6-4-5-11-18-17)14-15-7-9-16(21-3)10-8-15;1-2(3)4/h4-11H,12-14H2,1-3H3;1H3,(H,3,4). The molecule has 6 heteroatoms. The van der Waals surface area contributed by atoms with E-state index in [0.29, 0.717) is 0 Å². The molecule has 1 aromatic heterocycles. The Labute approximate surface area is 149 Å². The number of hydrogen-bond acceptors (Lipinski definition) is 5. The van der Waals surface area contributed by atoms with Crippen LogP contribution in [0.3, 0.4) is 0 Å². The summed E-state index contributed by atoms with van der Waals surface area (Å²) in [6, 6.07) is 14.2. The van der Waals surface area contributed by atoms with Gasteiger partial charge in [0.2, 0.25) is 0 Å². The highest BCUT2D eigenvalue weighted by atomic mass is 16.5. The van der Waals surface area contributed by atoms with E-state index in [2.05, 4.69) is 47.1 Å². The number of methoxy groups -OCH3 is 1. The number of benzene rings is 1. The molecule has 0 saturated carbocycles. The van der Waals surface area contributed by atoms with Gasteiger partial charge in [0.1, 0.15) is 11.6 Å². The number of anilines is 1. The van der Waals surface area contributed by atoms with Gasteiger partial charge in [-0.25, -0.2) is 4.98 Å². The molecule has 136 valence electrons. The first-order valence-corrected chi connectivity index (χ1v) is 8.05. The van der Waals surface area contributed by atoms with Crippen molar-refractivity contribution in [3.05, 3.63) is 54.2 Å². The Kier molecular flexibility index (Phi) is 9.03. The Morgan fingerprint density at radius 1 is 1.12 bits per heavy atom. The third kappa shape index (κ3) is 8.72. The largest absolute Gasteiger partial charge is 0.497 e. The Morgan fingerprint density at radius 3 is 2.24 bits per heavy atom. The topological polar surface area (TPSA) is 65.9 Å². The average molecular weight is 345 g/mol. The van der Waals surface area contributed by atoms with E-state index in [-0.39, 0.29) is 0 Å². The van der Waals surface area contributed by atoms with Gasteiger partial charge in [0, 0.05) is 32.8 Å². The Bertz CT molecular complexity index is 612. The van der Waals surface area contributed by atoms with Gasteiger partial charge in [-0.05, 0) is 43.9 Å². The van der Waals surface area contributed by atoms with Crippen molar-refractivity contribution in [3.63, 3.8) is 0 Å². The number of nitrogens with zero attached hydrogens (tertiary/aromatic N) is 3. The van der Waals surface area contributed by atoms with Gasteiger partial charge in [-0.2, -0.15) is 0 Å². The smallest absolute Gasteiger partial charge is 0.300 e. The van der Waals surface area contributed by atoms with Crippen LogP contribution in [0.15, 0.2) is 48.7 Å². The molecule has 1 heterocycles. The van der Waals surface area contributed by atoms with Crippen molar-refractivity contribution >= 4 is 11.8 Å². The van der Waals surface area contributed by atoms with E-state index in [4.69, 9.17) is 14.6 Å². The third-order valence-electron chi connectivity index (χ3n) is 3.32. The SMILES string of the molecule is CC(=O)O.COc1ccc(CN(CCN(C)C)c2ccccn2)cc1. The van der Waals surface area contributed by atoms with Gasteiger partial charge in [0.15, 0.2) is 0 Å². The lowest BCUT2D eigenvalue weighted by molar-refractivity contribution is -0.134. The van der Waals surface area contributed by atoms with Crippen LogP contribution in [0.5, 0.6) is 5.75 Å². The molecule has 0 aliphatic rings. The second kappa shape index (κ2) is 11.0. The molecule has 0 aliphatic carbocycles. The minimum atomic E-state index is -0.833. The lowest BCUT2D eigenvalue weighted by atomic mass is 10.2. The molecule has 25 heavy (non-hydrogen) atoms. The number of likely N-dealkylation sites (N-methyl/N-ethyl adjacent to an activating group) is 1. The van der Waals surface area contributed by atoms with Gasteiger partial charge >= 0.3 is 0 Å². The van der Waals surface area contributed by atoms with Gasteiger partial charge in [-0.15, -0.1) is 0 Å². The molecule has 6 nitrogen and oxygen atoms in total. The van der Waals surface area contributed by atoms with Crippen LogP contribution in [0, 0.1) is 0 Å². The molecule has 0 fully saturated rings. The third-order valence-corrected chi connectivity index (χ3v) is 3.32. The number of aromatic nitrogens is 1. The van der Waals surface area contributed by atoms with Crippen LogP contribution in [-0.2, 0) is 11.3 Å². The zero-order valence-corrected chi connectivity index (χ0v) is 15.3. The number of rotatable bonds is 7. The molecule has 0 spiro atoms. The van der Waals surface area contributed by atoms with E-state index in [0.717, 1.165) is 38.1 Å². The second-order valence-corrected chi connectivity index (χ2v) is 5.78. The monoisotopic (exact) mass is 345 g/mol. The van der Waals surface area contributed by atoms with Crippen molar-refractivity contribution in [2.75, 3.05) is 39.2 Å². The van der Waals surface area contributed by atoms with Crippen LogP contribution in [0.25, 0.3) is 0 Å². The van der Waals surface area contributed by atoms with Gasteiger partial charge < -0.3 is 19.6 Å². The average Bonchev–Trinajstić information content (AvgIpc) is 2.59. The van der Waals surface area contributed by atoms with Crippen LogP contribution >= 0.6 is 0 Å². The predicted octanol–water partition coefficient (Wildman–Crippen LogP) is 2.75. The molecule has 0 atom stereocenters. The van der Waals surface area contributed by atoms with E-state index >= 15 is 0 Å². The maximum atomic E-state index is 9.00. The zero-order chi connectivity index (χ0) is 18.7. The predicted molar refractivity (Wildman–Crippen MR) is 100 cm³/mol. The molecule has 1 N–H and O–H groups in total. The lowest BCUT2D eigenvalue weighted by Gasteiger charge is -2.25. The van der Waals surface area contributed by atoms with Gasteiger partial charge in [0.05, 0.1) is 7.11 Å². The lowest BCUT2D eigenvalue weighted by Crippen LogP contribution is -2.31. The van der Waals surface area contributed by atoms with Crippen LogP contribution in [-0.4, -0.2) is 55.3 Å². The molecule has 1 aromatic carbocycles. The fraction of sp³-hybridized carbons (Fsp3) is 0.368. The summed E-state index contributed by atoms with van der Waals surface area (Å²) < 4.78 is 5.21. The first-order valence-electron chi connectivity index (χ1n) is 8.05. The van der Waals surface area contributed by atoms with Crippen LogP contribution in [0.2, 0.25) is 0 Å². The van der Waals surface area contributed by atoms with Gasteiger partial charge in [-0.3, -0.25) is 4.79 Å². The van der Waals surface area contributed by atoms with E-state index in [1.807, 2.05) is 30.5 Å². The first kappa shape index (κ1) is 20.4. The number of carbonyl (C=O) groups is 1. The van der Waals surface area contributed by atoms with Crippen molar-refractivity contribution in [1.82, 2.24) is 9.88 Å². The zero-order valence-electron chi connectivity index (χ0n) is 15.3. The van der Waals surface area contributed by atoms with E-state index < -0.39 is 5.97 Å². The molecule has 2 rings (SSSR count). The molecule has 0 bridgehead atoms. The molecule has 0 aliphatic heterocycles. The molecule has 0 unspecified atom stereocenters. The Balaban J connectivity index is 0.000000705. The summed E-state index contributed by atoms with van der Waals surface area (Å²) in [6.45, 7) is 3.86. The van der Waals surface area contributed by atoms with Gasteiger partial charge in [0.25, 0.3) is 5.97 Å². The molecule has 0 saturated heterocycles. The highest BCUT2D eigenvalue weighted by Crippen LogP contribution is 2.16. The second-order valence-electron chi connectivity index (χ2n) is 5.78. The quantitative estimate of drug-likeness (QED) is 0.832. The first-order chi connectivity index (χ1) is 11.9. The number of aliphatic carboxylic acids is 1. The van der Waals surface area contributed by atoms with Crippen molar-refractivity contribution in [3.8, 4) is 5.75 Å². The number of ether oxygens (including phenoxy) is 1. The van der Waals surface area contributed by atoms with Crippen molar-refractivity contribution in [2.45, 2.75) is 13.5 Å². The maximum Gasteiger partial charge on any atom is 0.300 e. The highest BCUT2D eigenvalue weighted by molar-refractivity contribution is 5.62. The highest BCUT2D eigenvalue weighted by Gasteiger charge is 2.09. The van der Waals surface area contributed by atoms with E-state index in [1.54, 1.807) is 7.11 Å². The Morgan fingerprint density at radius 2 is 1.76 bits per heavy atom. The van der Waals surface area contributed by atoms with Crippen LogP contribution in [0.1, 0.15) is 12.5 Å². The molecule has 2 aromatic rings. The minimum Gasteiger partial charge on any atom is -0.497 e.